The van der Waals surface area contributed by atoms with Crippen molar-refractivity contribution in [1.82, 2.24) is 10.2 Å². The molecule has 148 valence electrons. The molecule has 3 rings (SSSR count). The number of fused-ring (bicyclic) bond motifs is 1. The van der Waals surface area contributed by atoms with E-state index in [4.69, 9.17) is 0 Å². The summed E-state index contributed by atoms with van der Waals surface area (Å²) >= 11 is 1.82. The van der Waals surface area contributed by atoms with Gasteiger partial charge in [0.2, 0.25) is 11.8 Å². The van der Waals surface area contributed by atoms with Gasteiger partial charge >= 0.3 is 0 Å². The summed E-state index contributed by atoms with van der Waals surface area (Å²) in [6, 6.07) is 16.5. The van der Waals surface area contributed by atoms with Gasteiger partial charge < -0.3 is 10.2 Å². The minimum atomic E-state index is -0.164. The SMILES string of the molecule is CC(=O)N1CCc2ccccc2C1CC(=O)NCCSCc1ccc(C)cc1. The van der Waals surface area contributed by atoms with Gasteiger partial charge in [0.1, 0.15) is 0 Å². The molecule has 0 bridgehead atoms. The first-order valence-electron chi connectivity index (χ1n) is 9.79. The summed E-state index contributed by atoms with van der Waals surface area (Å²) in [5.41, 5.74) is 4.92. The monoisotopic (exact) mass is 396 g/mol. The van der Waals surface area contributed by atoms with Crippen LogP contribution in [0.5, 0.6) is 0 Å². The van der Waals surface area contributed by atoms with Gasteiger partial charge in [0.15, 0.2) is 0 Å². The van der Waals surface area contributed by atoms with E-state index < -0.39 is 0 Å². The summed E-state index contributed by atoms with van der Waals surface area (Å²) in [5, 5.41) is 3.02. The summed E-state index contributed by atoms with van der Waals surface area (Å²) in [5.74, 6) is 1.85. The molecule has 2 amide bonds. The van der Waals surface area contributed by atoms with E-state index in [1.165, 1.54) is 16.7 Å². The van der Waals surface area contributed by atoms with Crippen LogP contribution in [0, 0.1) is 6.92 Å². The molecule has 5 heteroatoms. The highest BCUT2D eigenvalue weighted by Crippen LogP contribution is 2.32. The predicted octanol–water partition coefficient (Wildman–Crippen LogP) is 3.88. The highest BCUT2D eigenvalue weighted by Gasteiger charge is 2.30. The van der Waals surface area contributed by atoms with E-state index in [-0.39, 0.29) is 17.9 Å². The van der Waals surface area contributed by atoms with Crippen molar-refractivity contribution in [2.24, 2.45) is 0 Å². The molecule has 28 heavy (non-hydrogen) atoms. The number of nitrogens with zero attached hydrogens (tertiary/aromatic N) is 1. The summed E-state index contributed by atoms with van der Waals surface area (Å²) in [4.78, 5) is 26.4. The van der Waals surface area contributed by atoms with Crippen LogP contribution >= 0.6 is 11.8 Å². The Morgan fingerprint density at radius 2 is 1.89 bits per heavy atom. The number of benzene rings is 2. The van der Waals surface area contributed by atoms with Gasteiger partial charge in [-0.1, -0.05) is 54.1 Å². The molecule has 1 atom stereocenters. The van der Waals surface area contributed by atoms with E-state index >= 15 is 0 Å². The van der Waals surface area contributed by atoms with Crippen molar-refractivity contribution in [3.63, 3.8) is 0 Å². The third-order valence-electron chi connectivity index (χ3n) is 5.15. The molecule has 1 aliphatic heterocycles. The minimum absolute atomic E-state index is 0.00360. The minimum Gasteiger partial charge on any atom is -0.355 e. The molecular weight excluding hydrogens is 368 g/mol. The van der Waals surface area contributed by atoms with Gasteiger partial charge in [-0.25, -0.2) is 0 Å². The molecule has 1 N–H and O–H groups in total. The maximum Gasteiger partial charge on any atom is 0.222 e. The zero-order valence-corrected chi connectivity index (χ0v) is 17.4. The number of aryl methyl sites for hydroxylation is 1. The topological polar surface area (TPSA) is 49.4 Å². The molecule has 1 heterocycles. The van der Waals surface area contributed by atoms with Gasteiger partial charge in [-0.2, -0.15) is 11.8 Å². The molecule has 2 aromatic rings. The fraction of sp³-hybridized carbons (Fsp3) is 0.391. The number of rotatable bonds is 7. The predicted molar refractivity (Wildman–Crippen MR) is 115 cm³/mol. The molecule has 0 fully saturated rings. The van der Waals surface area contributed by atoms with Crippen molar-refractivity contribution in [2.45, 2.75) is 38.5 Å². The van der Waals surface area contributed by atoms with Crippen LogP contribution in [0.1, 0.15) is 41.6 Å². The summed E-state index contributed by atoms with van der Waals surface area (Å²) < 4.78 is 0. The van der Waals surface area contributed by atoms with Gasteiger partial charge in [0, 0.05) is 31.5 Å². The number of hydrogen-bond donors (Lipinski definition) is 1. The first-order chi connectivity index (χ1) is 13.5. The summed E-state index contributed by atoms with van der Waals surface area (Å²) in [7, 11) is 0. The first kappa shape index (κ1) is 20.5. The van der Waals surface area contributed by atoms with E-state index in [1.807, 2.05) is 34.9 Å². The van der Waals surface area contributed by atoms with Gasteiger partial charge in [0.25, 0.3) is 0 Å². The van der Waals surface area contributed by atoms with Crippen LogP contribution in [0.25, 0.3) is 0 Å². The zero-order valence-electron chi connectivity index (χ0n) is 16.6. The van der Waals surface area contributed by atoms with E-state index in [0.29, 0.717) is 19.5 Å². The molecule has 0 aromatic heterocycles. The fourth-order valence-electron chi connectivity index (χ4n) is 3.63. The van der Waals surface area contributed by atoms with Gasteiger partial charge in [0.05, 0.1) is 12.5 Å². The number of carbonyl (C=O) groups is 2. The number of carbonyl (C=O) groups excluding carboxylic acids is 2. The van der Waals surface area contributed by atoms with Crippen LogP contribution in [0.4, 0.5) is 0 Å². The number of hydrogen-bond acceptors (Lipinski definition) is 3. The lowest BCUT2D eigenvalue weighted by atomic mass is 9.90. The molecular formula is C23H28N2O2S. The van der Waals surface area contributed by atoms with Crippen molar-refractivity contribution in [3.8, 4) is 0 Å². The average molecular weight is 397 g/mol. The van der Waals surface area contributed by atoms with Crippen molar-refractivity contribution in [2.75, 3.05) is 18.8 Å². The van der Waals surface area contributed by atoms with Crippen molar-refractivity contribution < 1.29 is 9.59 Å². The molecule has 0 radical (unpaired) electrons. The van der Waals surface area contributed by atoms with Crippen LogP contribution in [0.15, 0.2) is 48.5 Å². The molecule has 4 nitrogen and oxygen atoms in total. The number of thioether (sulfide) groups is 1. The Labute approximate surface area is 171 Å². The van der Waals surface area contributed by atoms with Crippen LogP contribution in [0.2, 0.25) is 0 Å². The van der Waals surface area contributed by atoms with Crippen molar-refractivity contribution in [1.29, 1.82) is 0 Å². The highest BCUT2D eigenvalue weighted by atomic mass is 32.2. The molecule has 1 unspecified atom stereocenters. The van der Waals surface area contributed by atoms with E-state index in [9.17, 15) is 9.59 Å². The quantitative estimate of drug-likeness (QED) is 0.723. The maximum atomic E-state index is 12.5. The van der Waals surface area contributed by atoms with Crippen molar-refractivity contribution >= 4 is 23.6 Å². The smallest absolute Gasteiger partial charge is 0.222 e. The van der Waals surface area contributed by atoms with Gasteiger partial charge in [-0.15, -0.1) is 0 Å². The Balaban J connectivity index is 1.48. The summed E-state index contributed by atoms with van der Waals surface area (Å²) in [6.45, 7) is 4.99. The van der Waals surface area contributed by atoms with Crippen LogP contribution in [0.3, 0.4) is 0 Å². The Kier molecular flexibility index (Phi) is 7.15. The normalized spacial score (nSPS) is 15.8. The second-order valence-electron chi connectivity index (χ2n) is 7.27. The van der Waals surface area contributed by atoms with Crippen LogP contribution < -0.4 is 5.32 Å². The third-order valence-corrected chi connectivity index (χ3v) is 6.18. The van der Waals surface area contributed by atoms with Crippen molar-refractivity contribution in [3.05, 3.63) is 70.8 Å². The fourth-order valence-corrected chi connectivity index (χ4v) is 4.45. The maximum absolute atomic E-state index is 12.5. The lowest BCUT2D eigenvalue weighted by molar-refractivity contribution is -0.133. The molecule has 1 aliphatic rings. The number of amides is 2. The number of nitrogens with one attached hydrogen (secondary N) is 1. The van der Waals surface area contributed by atoms with E-state index in [1.54, 1.807) is 6.92 Å². The second kappa shape index (κ2) is 9.78. The first-order valence-corrected chi connectivity index (χ1v) is 10.9. The lowest BCUT2D eigenvalue weighted by Crippen LogP contribution is -2.41. The highest BCUT2D eigenvalue weighted by molar-refractivity contribution is 7.98. The Bertz CT molecular complexity index is 820. The lowest BCUT2D eigenvalue weighted by Gasteiger charge is -2.36. The zero-order chi connectivity index (χ0) is 19.9. The Morgan fingerprint density at radius 1 is 1.14 bits per heavy atom. The summed E-state index contributed by atoms with van der Waals surface area (Å²) in [6.07, 6.45) is 1.17. The Hall–Kier alpha value is -2.27. The molecule has 0 aliphatic carbocycles. The van der Waals surface area contributed by atoms with Crippen LogP contribution in [-0.4, -0.2) is 35.6 Å². The Morgan fingerprint density at radius 3 is 2.64 bits per heavy atom. The molecule has 0 saturated carbocycles. The standard InChI is InChI=1S/C23H28N2O2S/c1-17-7-9-19(10-8-17)16-28-14-12-24-23(27)15-22-21-6-4-3-5-20(21)11-13-25(22)18(2)26/h3-10,22H,11-16H2,1-2H3,(H,24,27). The van der Waals surface area contributed by atoms with E-state index in [0.717, 1.165) is 23.5 Å². The molecule has 0 saturated heterocycles. The van der Waals surface area contributed by atoms with Gasteiger partial charge in [-0.05, 0) is 30.0 Å². The average Bonchev–Trinajstić information content (AvgIpc) is 2.69. The van der Waals surface area contributed by atoms with E-state index in [2.05, 4.69) is 42.6 Å². The molecule has 2 aromatic carbocycles. The molecule has 0 spiro atoms. The van der Waals surface area contributed by atoms with Crippen LogP contribution in [-0.2, 0) is 21.8 Å². The largest absolute Gasteiger partial charge is 0.355 e. The third kappa shape index (κ3) is 5.38. The second-order valence-corrected chi connectivity index (χ2v) is 8.37. The van der Waals surface area contributed by atoms with Gasteiger partial charge in [-0.3, -0.25) is 9.59 Å².